The maximum absolute atomic E-state index is 14.3. The molecule has 238 valence electrons. The van der Waals surface area contributed by atoms with Gasteiger partial charge in [0.2, 0.25) is 5.76 Å². The number of nitrogens with one attached hydrogen (secondary N) is 1. The average molecular weight is 624 g/mol. The van der Waals surface area contributed by atoms with E-state index in [-0.39, 0.29) is 23.5 Å². The standard InChI is InChI=1S/C35H37N5O6/c1-44-29-14-13-25(22-31(29)45-2)27(12-7-16-36-33(41)30-15-17-37-46-30)40-34(42)26-10-6-11-28(32(26)35(40)43)39-20-18-38(19-21-39)23-24-8-4-3-5-9-24/h3-6,8-11,13-15,17,22,27H,7,12,16,18-21,23H2,1-2H3,(H,36,41)/t27-/m1/s1. The number of aromatic nitrogens is 1. The fraction of sp³-hybridized carbons (Fsp3) is 0.314. The predicted molar refractivity (Wildman–Crippen MR) is 171 cm³/mol. The molecule has 0 bridgehead atoms. The summed E-state index contributed by atoms with van der Waals surface area (Å²) in [5.41, 5.74) is 3.62. The van der Waals surface area contributed by atoms with E-state index < -0.39 is 6.04 Å². The largest absolute Gasteiger partial charge is 0.493 e. The van der Waals surface area contributed by atoms with E-state index in [2.05, 4.69) is 44.5 Å². The molecule has 1 fully saturated rings. The summed E-state index contributed by atoms with van der Waals surface area (Å²) in [5.74, 6) is 0.108. The molecule has 2 aliphatic heterocycles. The molecule has 3 amide bonds. The van der Waals surface area contributed by atoms with E-state index in [4.69, 9.17) is 14.0 Å². The fourth-order valence-corrected chi connectivity index (χ4v) is 6.24. The molecular formula is C35H37N5O6. The Morgan fingerprint density at radius 1 is 0.913 bits per heavy atom. The van der Waals surface area contributed by atoms with Crippen molar-refractivity contribution < 1.29 is 28.4 Å². The van der Waals surface area contributed by atoms with Gasteiger partial charge in [0, 0.05) is 45.3 Å². The highest BCUT2D eigenvalue weighted by Crippen LogP contribution is 2.40. The van der Waals surface area contributed by atoms with Crippen LogP contribution in [-0.2, 0) is 6.54 Å². The average Bonchev–Trinajstić information content (AvgIpc) is 3.72. The topological polar surface area (TPSA) is 117 Å². The molecule has 2 aliphatic rings. The molecule has 1 N–H and O–H groups in total. The van der Waals surface area contributed by atoms with Crippen LogP contribution >= 0.6 is 0 Å². The Labute approximate surface area is 267 Å². The van der Waals surface area contributed by atoms with Gasteiger partial charge >= 0.3 is 0 Å². The molecule has 11 nitrogen and oxygen atoms in total. The van der Waals surface area contributed by atoms with E-state index in [9.17, 15) is 14.4 Å². The van der Waals surface area contributed by atoms with Gasteiger partial charge in [-0.1, -0.05) is 47.6 Å². The van der Waals surface area contributed by atoms with Gasteiger partial charge in [-0.2, -0.15) is 0 Å². The Balaban J connectivity index is 1.22. The Morgan fingerprint density at radius 3 is 2.41 bits per heavy atom. The molecule has 0 saturated carbocycles. The second-order valence-corrected chi connectivity index (χ2v) is 11.3. The SMILES string of the molecule is COc1ccc([C@@H](CCCNC(=O)c2ccno2)N2C(=O)c3cccc(N4CCN(Cc5ccccc5)CC4)c3C2=O)cc1OC. The minimum absolute atomic E-state index is 0.116. The Hall–Kier alpha value is -5.16. The zero-order valence-corrected chi connectivity index (χ0v) is 26.0. The van der Waals surface area contributed by atoms with Gasteiger partial charge in [-0.05, 0) is 48.2 Å². The Morgan fingerprint density at radius 2 is 1.70 bits per heavy atom. The molecule has 3 heterocycles. The highest BCUT2D eigenvalue weighted by molar-refractivity contribution is 6.24. The number of nitrogens with zero attached hydrogens (tertiary/aromatic N) is 4. The number of hydrogen-bond acceptors (Lipinski definition) is 9. The number of fused-ring (bicyclic) bond motifs is 1. The highest BCUT2D eigenvalue weighted by atomic mass is 16.5. The minimum Gasteiger partial charge on any atom is -0.493 e. The van der Waals surface area contributed by atoms with Crippen molar-refractivity contribution in [3.05, 3.63) is 107 Å². The molecule has 4 aromatic rings. The van der Waals surface area contributed by atoms with Crippen LogP contribution in [0.3, 0.4) is 0 Å². The van der Waals surface area contributed by atoms with Crippen molar-refractivity contribution in [3.8, 4) is 11.5 Å². The van der Waals surface area contributed by atoms with Crippen molar-refractivity contribution in [2.75, 3.05) is 51.8 Å². The van der Waals surface area contributed by atoms with Gasteiger partial charge in [-0.25, -0.2) is 0 Å². The van der Waals surface area contributed by atoms with Gasteiger partial charge in [0.25, 0.3) is 17.7 Å². The van der Waals surface area contributed by atoms with Crippen molar-refractivity contribution in [1.82, 2.24) is 20.3 Å². The summed E-state index contributed by atoms with van der Waals surface area (Å²) >= 11 is 0. The quantitative estimate of drug-likeness (QED) is 0.179. The smallest absolute Gasteiger partial charge is 0.289 e. The molecule has 0 radical (unpaired) electrons. The lowest BCUT2D eigenvalue weighted by Gasteiger charge is -2.36. The molecule has 6 rings (SSSR count). The van der Waals surface area contributed by atoms with E-state index in [0.717, 1.165) is 44.0 Å². The summed E-state index contributed by atoms with van der Waals surface area (Å²) in [7, 11) is 3.10. The summed E-state index contributed by atoms with van der Waals surface area (Å²) in [6.07, 6.45) is 2.30. The van der Waals surface area contributed by atoms with E-state index in [1.54, 1.807) is 32.4 Å². The summed E-state index contributed by atoms with van der Waals surface area (Å²) in [6.45, 7) is 4.37. The summed E-state index contributed by atoms with van der Waals surface area (Å²) in [6, 6.07) is 22.2. The summed E-state index contributed by atoms with van der Waals surface area (Å²) in [4.78, 5) is 46.7. The zero-order valence-electron chi connectivity index (χ0n) is 26.0. The third-order valence-corrected chi connectivity index (χ3v) is 8.59. The molecule has 0 unspecified atom stereocenters. The molecule has 1 saturated heterocycles. The number of ether oxygens (including phenoxy) is 2. The number of piperazine rings is 1. The van der Waals surface area contributed by atoms with Crippen LogP contribution in [0.25, 0.3) is 0 Å². The predicted octanol–water partition coefficient (Wildman–Crippen LogP) is 4.56. The monoisotopic (exact) mass is 623 g/mol. The van der Waals surface area contributed by atoms with E-state index in [1.807, 2.05) is 24.3 Å². The van der Waals surface area contributed by atoms with Crippen molar-refractivity contribution in [3.63, 3.8) is 0 Å². The van der Waals surface area contributed by atoms with Crippen LogP contribution in [-0.4, -0.2) is 79.6 Å². The zero-order chi connectivity index (χ0) is 32.0. The van der Waals surface area contributed by atoms with Crippen LogP contribution < -0.4 is 19.7 Å². The number of carbonyl (C=O) groups is 3. The number of rotatable bonds is 12. The van der Waals surface area contributed by atoms with Crippen LogP contribution in [0.1, 0.15) is 61.3 Å². The highest BCUT2D eigenvalue weighted by Gasteiger charge is 2.43. The molecule has 0 spiro atoms. The first-order valence-electron chi connectivity index (χ1n) is 15.4. The third kappa shape index (κ3) is 6.32. The molecule has 46 heavy (non-hydrogen) atoms. The van der Waals surface area contributed by atoms with Gasteiger partial charge in [0.15, 0.2) is 11.5 Å². The fourth-order valence-electron chi connectivity index (χ4n) is 6.24. The van der Waals surface area contributed by atoms with Crippen molar-refractivity contribution in [1.29, 1.82) is 0 Å². The molecule has 0 aliphatic carbocycles. The van der Waals surface area contributed by atoms with E-state index in [0.29, 0.717) is 42.0 Å². The van der Waals surface area contributed by atoms with Gasteiger partial charge in [-0.3, -0.25) is 24.2 Å². The van der Waals surface area contributed by atoms with Crippen molar-refractivity contribution in [2.24, 2.45) is 0 Å². The number of amides is 3. The maximum atomic E-state index is 14.3. The van der Waals surface area contributed by atoms with Crippen molar-refractivity contribution in [2.45, 2.75) is 25.4 Å². The number of methoxy groups -OCH3 is 2. The molecule has 1 atom stereocenters. The Kier molecular flexibility index (Phi) is 9.30. The van der Waals surface area contributed by atoms with E-state index in [1.165, 1.54) is 22.7 Å². The van der Waals surface area contributed by atoms with Gasteiger partial charge in [0.1, 0.15) is 0 Å². The van der Waals surface area contributed by atoms with Gasteiger partial charge in [0.05, 0.1) is 43.3 Å². The lowest BCUT2D eigenvalue weighted by molar-refractivity contribution is 0.0570. The second kappa shape index (κ2) is 13.9. The first kappa shape index (κ1) is 30.8. The number of benzene rings is 3. The number of imide groups is 1. The van der Waals surface area contributed by atoms with Crippen LogP contribution in [0, 0.1) is 0 Å². The number of carbonyl (C=O) groups excluding carboxylic acids is 3. The molecule has 1 aromatic heterocycles. The van der Waals surface area contributed by atoms with Gasteiger partial charge < -0.3 is 24.2 Å². The normalized spacial score (nSPS) is 15.5. The van der Waals surface area contributed by atoms with E-state index >= 15 is 0 Å². The van der Waals surface area contributed by atoms with Crippen LogP contribution in [0.15, 0.2) is 83.5 Å². The number of hydrogen-bond donors (Lipinski definition) is 1. The third-order valence-electron chi connectivity index (χ3n) is 8.59. The minimum atomic E-state index is -0.607. The second-order valence-electron chi connectivity index (χ2n) is 11.3. The lowest BCUT2D eigenvalue weighted by atomic mass is 9.99. The van der Waals surface area contributed by atoms with Gasteiger partial charge in [-0.15, -0.1) is 0 Å². The van der Waals surface area contributed by atoms with Crippen LogP contribution in [0.5, 0.6) is 11.5 Å². The first-order chi connectivity index (χ1) is 22.5. The summed E-state index contributed by atoms with van der Waals surface area (Å²) < 4.78 is 15.9. The number of anilines is 1. The molecular weight excluding hydrogens is 586 g/mol. The molecule has 3 aromatic carbocycles. The maximum Gasteiger partial charge on any atom is 0.289 e. The van der Waals surface area contributed by atoms with Crippen LogP contribution in [0.2, 0.25) is 0 Å². The van der Waals surface area contributed by atoms with Crippen LogP contribution in [0.4, 0.5) is 5.69 Å². The Bertz CT molecular complexity index is 1690. The first-order valence-corrected chi connectivity index (χ1v) is 15.4. The molecule has 11 heteroatoms. The lowest BCUT2D eigenvalue weighted by Crippen LogP contribution is -2.46. The van der Waals surface area contributed by atoms with Crippen molar-refractivity contribution >= 4 is 23.4 Å². The summed E-state index contributed by atoms with van der Waals surface area (Å²) in [5, 5.41) is 6.39.